The lowest BCUT2D eigenvalue weighted by Crippen LogP contribution is -2.33. The monoisotopic (exact) mass is 312 g/mol. The molecule has 0 aliphatic rings. The predicted molar refractivity (Wildman–Crippen MR) is 82.2 cm³/mol. The molecule has 0 bridgehead atoms. The summed E-state index contributed by atoms with van der Waals surface area (Å²) < 4.78 is 10.4. The number of ether oxygens (including phenoxy) is 1. The number of halogens is 1. The molecule has 0 saturated carbocycles. The molecule has 0 aliphatic heterocycles. The van der Waals surface area contributed by atoms with Crippen LogP contribution in [0.5, 0.6) is 5.75 Å². The Kier molecular flexibility index (Phi) is 6.71. The van der Waals surface area contributed by atoms with Crippen molar-refractivity contribution in [1.29, 1.82) is 0 Å². The van der Waals surface area contributed by atoms with E-state index in [4.69, 9.17) is 9.15 Å². The summed E-state index contributed by atoms with van der Waals surface area (Å²) in [7, 11) is 1.81. The van der Waals surface area contributed by atoms with Crippen LogP contribution in [-0.2, 0) is 4.79 Å². The summed E-state index contributed by atoms with van der Waals surface area (Å²) in [6.07, 6.45) is 0. The van der Waals surface area contributed by atoms with Gasteiger partial charge in [-0.15, -0.1) is 12.4 Å². The number of hydrogen-bond acceptors (Lipinski definition) is 5. The lowest BCUT2D eigenvalue weighted by atomic mass is 10.2. The largest absolute Gasteiger partial charge is 0.484 e. The molecule has 0 saturated heterocycles. The molecule has 1 aromatic heterocycles. The molecule has 1 aromatic carbocycles. The van der Waals surface area contributed by atoms with Gasteiger partial charge in [-0.2, -0.15) is 0 Å². The lowest BCUT2D eigenvalue weighted by Gasteiger charge is -2.07. The summed E-state index contributed by atoms with van der Waals surface area (Å²) in [6.45, 7) is 1.17. The number of hydrogen-bond donors (Lipinski definition) is 2. The van der Waals surface area contributed by atoms with Crippen molar-refractivity contribution in [1.82, 2.24) is 10.6 Å². The van der Waals surface area contributed by atoms with E-state index >= 15 is 0 Å². The van der Waals surface area contributed by atoms with Crippen molar-refractivity contribution in [3.05, 3.63) is 40.8 Å². The van der Waals surface area contributed by atoms with Gasteiger partial charge in [-0.25, -0.2) is 4.79 Å². The molecule has 0 unspecified atom stereocenters. The van der Waals surface area contributed by atoms with Gasteiger partial charge in [0.2, 0.25) is 0 Å². The van der Waals surface area contributed by atoms with Crippen molar-refractivity contribution in [3.8, 4) is 5.75 Å². The summed E-state index contributed by atoms with van der Waals surface area (Å²) in [4.78, 5) is 22.6. The first-order chi connectivity index (χ1) is 9.69. The van der Waals surface area contributed by atoms with E-state index in [-0.39, 0.29) is 24.9 Å². The van der Waals surface area contributed by atoms with E-state index in [0.29, 0.717) is 24.4 Å². The van der Waals surface area contributed by atoms with E-state index in [1.54, 1.807) is 24.3 Å². The first kappa shape index (κ1) is 17.0. The summed E-state index contributed by atoms with van der Waals surface area (Å²) >= 11 is 0. The second-order valence-electron chi connectivity index (χ2n) is 4.20. The number of amides is 1. The maximum absolute atomic E-state index is 11.5. The number of nitrogens with one attached hydrogen (secondary N) is 2. The van der Waals surface area contributed by atoms with Crippen molar-refractivity contribution >= 4 is 29.3 Å². The van der Waals surface area contributed by atoms with E-state index in [1.807, 2.05) is 7.05 Å². The molecule has 1 heterocycles. The Balaban J connectivity index is 0.00000220. The Labute approximate surface area is 127 Å². The molecule has 0 atom stereocenters. The van der Waals surface area contributed by atoms with Crippen molar-refractivity contribution in [2.75, 3.05) is 26.7 Å². The van der Waals surface area contributed by atoms with E-state index < -0.39 is 5.63 Å². The predicted octanol–water partition coefficient (Wildman–Crippen LogP) is 0.929. The van der Waals surface area contributed by atoms with Crippen molar-refractivity contribution in [3.63, 3.8) is 0 Å². The zero-order valence-electron chi connectivity index (χ0n) is 11.5. The van der Waals surface area contributed by atoms with Gasteiger partial charge in [-0.3, -0.25) is 4.79 Å². The molecule has 2 aromatic rings. The van der Waals surface area contributed by atoms with E-state index in [2.05, 4.69) is 10.6 Å². The van der Waals surface area contributed by atoms with Crippen molar-refractivity contribution in [2.45, 2.75) is 0 Å². The number of fused-ring (bicyclic) bond motifs is 1. The number of benzene rings is 1. The normalized spacial score (nSPS) is 9.95. The molecule has 2 N–H and O–H groups in total. The van der Waals surface area contributed by atoms with Crippen LogP contribution in [0.25, 0.3) is 11.0 Å². The minimum absolute atomic E-state index is 0. The van der Waals surface area contributed by atoms with Gasteiger partial charge in [0.15, 0.2) is 6.61 Å². The Bertz CT molecular complexity index is 657. The van der Waals surface area contributed by atoms with Gasteiger partial charge in [-0.05, 0) is 25.2 Å². The third-order valence-electron chi connectivity index (χ3n) is 2.66. The molecule has 0 fully saturated rings. The van der Waals surface area contributed by atoms with Gasteiger partial charge in [-0.1, -0.05) is 0 Å². The molecule has 6 nitrogen and oxygen atoms in total. The van der Waals surface area contributed by atoms with Crippen LogP contribution in [0.4, 0.5) is 0 Å². The SMILES string of the molecule is CNCCNC(=O)COc1ccc2ccc(=O)oc2c1.Cl. The minimum atomic E-state index is -0.417. The van der Waals surface area contributed by atoms with Crippen molar-refractivity contribution < 1.29 is 13.9 Å². The number of likely N-dealkylation sites (N-methyl/N-ethyl adjacent to an activating group) is 1. The van der Waals surface area contributed by atoms with Crippen LogP contribution in [0.2, 0.25) is 0 Å². The fourth-order valence-electron chi connectivity index (χ4n) is 1.66. The standard InChI is InChI=1S/C14H16N2O4.ClH/c1-15-6-7-16-13(17)9-19-11-4-2-10-3-5-14(18)20-12(10)8-11;/h2-5,8,15H,6-7,9H2,1H3,(H,16,17);1H. The highest BCUT2D eigenvalue weighted by atomic mass is 35.5. The molecule has 114 valence electrons. The smallest absolute Gasteiger partial charge is 0.336 e. The molecule has 0 aliphatic carbocycles. The Morgan fingerprint density at radius 3 is 2.76 bits per heavy atom. The molecule has 1 amide bonds. The molecule has 7 heteroatoms. The fourth-order valence-corrected chi connectivity index (χ4v) is 1.66. The first-order valence-electron chi connectivity index (χ1n) is 6.27. The van der Waals surface area contributed by atoms with Crippen LogP contribution in [0, 0.1) is 0 Å². The van der Waals surface area contributed by atoms with Gasteiger partial charge < -0.3 is 19.8 Å². The zero-order valence-corrected chi connectivity index (χ0v) is 12.4. The molecular formula is C14H17ClN2O4. The highest BCUT2D eigenvalue weighted by Gasteiger charge is 2.04. The molecule has 0 radical (unpaired) electrons. The molecule has 21 heavy (non-hydrogen) atoms. The molecular weight excluding hydrogens is 296 g/mol. The van der Waals surface area contributed by atoms with Crippen LogP contribution in [0.15, 0.2) is 39.5 Å². The summed E-state index contributed by atoms with van der Waals surface area (Å²) in [5, 5.41) is 6.43. The fraction of sp³-hybridized carbons (Fsp3) is 0.286. The molecule has 0 spiro atoms. The van der Waals surface area contributed by atoms with Gasteiger partial charge in [0.1, 0.15) is 11.3 Å². The third kappa shape index (κ3) is 5.09. The Morgan fingerprint density at radius 1 is 1.24 bits per heavy atom. The van der Waals surface area contributed by atoms with Crippen LogP contribution in [-0.4, -0.2) is 32.7 Å². The zero-order chi connectivity index (χ0) is 14.4. The second-order valence-corrected chi connectivity index (χ2v) is 4.20. The van der Waals surface area contributed by atoms with Crippen LogP contribution in [0.3, 0.4) is 0 Å². The van der Waals surface area contributed by atoms with Gasteiger partial charge in [0.25, 0.3) is 5.91 Å². The Hall–Kier alpha value is -2.05. The van der Waals surface area contributed by atoms with Crippen LogP contribution in [0.1, 0.15) is 0 Å². The summed E-state index contributed by atoms with van der Waals surface area (Å²) in [5.41, 5.74) is 0.0186. The number of rotatable bonds is 6. The Morgan fingerprint density at radius 2 is 2.00 bits per heavy atom. The summed E-state index contributed by atoms with van der Waals surface area (Å²) in [5.74, 6) is 0.283. The number of carbonyl (C=O) groups is 1. The van der Waals surface area contributed by atoms with Crippen molar-refractivity contribution in [2.24, 2.45) is 0 Å². The molecule has 2 rings (SSSR count). The average Bonchev–Trinajstić information content (AvgIpc) is 2.45. The highest BCUT2D eigenvalue weighted by molar-refractivity contribution is 5.85. The van der Waals surface area contributed by atoms with Gasteiger partial charge in [0, 0.05) is 30.6 Å². The van der Waals surface area contributed by atoms with E-state index in [0.717, 1.165) is 5.39 Å². The van der Waals surface area contributed by atoms with Gasteiger partial charge in [0.05, 0.1) is 0 Å². The van der Waals surface area contributed by atoms with E-state index in [9.17, 15) is 9.59 Å². The lowest BCUT2D eigenvalue weighted by molar-refractivity contribution is -0.123. The van der Waals surface area contributed by atoms with Gasteiger partial charge >= 0.3 is 5.63 Å². The van der Waals surface area contributed by atoms with E-state index in [1.165, 1.54) is 6.07 Å². The first-order valence-corrected chi connectivity index (χ1v) is 6.27. The third-order valence-corrected chi connectivity index (χ3v) is 2.66. The minimum Gasteiger partial charge on any atom is -0.484 e. The summed E-state index contributed by atoms with van der Waals surface area (Å²) in [6, 6.07) is 8.13. The highest BCUT2D eigenvalue weighted by Crippen LogP contribution is 2.19. The maximum Gasteiger partial charge on any atom is 0.336 e. The average molecular weight is 313 g/mol. The van der Waals surface area contributed by atoms with Crippen LogP contribution < -0.4 is 21.0 Å². The quantitative estimate of drug-likeness (QED) is 0.612. The van der Waals surface area contributed by atoms with Crippen LogP contribution >= 0.6 is 12.4 Å². The second kappa shape index (κ2) is 8.28. The number of carbonyl (C=O) groups excluding carboxylic acids is 1. The maximum atomic E-state index is 11.5. The topological polar surface area (TPSA) is 80.6 Å².